The summed E-state index contributed by atoms with van der Waals surface area (Å²) in [5, 5.41) is 12.2. The summed E-state index contributed by atoms with van der Waals surface area (Å²) in [7, 11) is -4.04. The molecule has 0 saturated carbocycles. The van der Waals surface area contributed by atoms with E-state index in [1.165, 1.54) is 24.3 Å². The average molecular weight is 459 g/mol. The van der Waals surface area contributed by atoms with Crippen molar-refractivity contribution in [1.82, 2.24) is 9.62 Å². The van der Waals surface area contributed by atoms with Crippen LogP contribution in [0.2, 0.25) is 0 Å². The Bertz CT molecular complexity index is 1130. The fraction of sp³-hybridized carbons (Fsp3) is 0.304. The number of nitrogens with one attached hydrogen (secondary N) is 1. The molecule has 2 aromatic carbocycles. The van der Waals surface area contributed by atoms with Gasteiger partial charge in [0.2, 0.25) is 0 Å². The minimum Gasteiger partial charge on any atom is -0.508 e. The van der Waals surface area contributed by atoms with Crippen LogP contribution >= 0.6 is 0 Å². The maximum Gasteiger partial charge on any atom is 0.338 e. The van der Waals surface area contributed by atoms with Crippen molar-refractivity contribution in [3.05, 3.63) is 71.4 Å². The number of ether oxygens (including phenoxy) is 1. The number of phenols is 1. The summed E-state index contributed by atoms with van der Waals surface area (Å²) in [6, 6.07) is 14.2. The molecule has 1 aliphatic rings. The molecule has 0 saturated heterocycles. The number of benzene rings is 2. The van der Waals surface area contributed by atoms with E-state index >= 15 is 0 Å². The highest BCUT2D eigenvalue weighted by molar-refractivity contribution is 7.99. The van der Waals surface area contributed by atoms with Crippen LogP contribution in [-0.2, 0) is 19.6 Å². The van der Waals surface area contributed by atoms with Gasteiger partial charge >= 0.3 is 5.97 Å². The molecule has 0 radical (unpaired) electrons. The standard InChI is InChI=1S/C23H26N2O6S/c1-23(2,3)25-21(27)19(20(32(25,29)30)16-8-5-4-6-9-16)24-14-7-15-31-22(28)17-10-12-18(26)13-11-17/h4-6,8-13,24,26H,7,14-15H2,1-3H3. The van der Waals surface area contributed by atoms with Crippen molar-refractivity contribution in [3.63, 3.8) is 0 Å². The maximum atomic E-state index is 13.2. The highest BCUT2D eigenvalue weighted by atomic mass is 32.2. The minimum atomic E-state index is -4.04. The van der Waals surface area contributed by atoms with Gasteiger partial charge in [0.05, 0.1) is 17.7 Å². The summed E-state index contributed by atoms with van der Waals surface area (Å²) < 4.78 is 32.6. The number of nitrogens with zero attached hydrogens (tertiary/aromatic N) is 1. The van der Waals surface area contributed by atoms with E-state index in [9.17, 15) is 23.1 Å². The molecule has 1 amide bonds. The number of phenolic OH excluding ortho intramolecular Hbond substituents is 1. The molecule has 32 heavy (non-hydrogen) atoms. The van der Waals surface area contributed by atoms with E-state index in [1.807, 2.05) is 0 Å². The van der Waals surface area contributed by atoms with Gasteiger partial charge < -0.3 is 15.2 Å². The topological polar surface area (TPSA) is 113 Å². The number of amides is 1. The van der Waals surface area contributed by atoms with Crippen LogP contribution in [0, 0.1) is 0 Å². The normalized spacial score (nSPS) is 15.7. The fourth-order valence-electron chi connectivity index (χ4n) is 3.36. The molecule has 0 aliphatic carbocycles. The highest BCUT2D eigenvalue weighted by Gasteiger charge is 2.49. The van der Waals surface area contributed by atoms with Gasteiger partial charge in [0.15, 0.2) is 0 Å². The van der Waals surface area contributed by atoms with Crippen LogP contribution in [0.4, 0.5) is 0 Å². The summed E-state index contributed by atoms with van der Waals surface area (Å²) in [6.45, 7) is 5.29. The predicted octanol–water partition coefficient (Wildman–Crippen LogP) is 2.87. The minimum absolute atomic E-state index is 0.0102. The van der Waals surface area contributed by atoms with Gasteiger partial charge in [-0.1, -0.05) is 30.3 Å². The second-order valence-corrected chi connectivity index (χ2v) is 10.0. The fourth-order valence-corrected chi connectivity index (χ4v) is 5.43. The van der Waals surface area contributed by atoms with Crippen molar-refractivity contribution < 1.29 is 27.9 Å². The van der Waals surface area contributed by atoms with Gasteiger partial charge in [0, 0.05) is 6.54 Å². The Morgan fingerprint density at radius 1 is 1.06 bits per heavy atom. The molecule has 9 heteroatoms. The van der Waals surface area contributed by atoms with Crippen LogP contribution in [0.1, 0.15) is 43.1 Å². The number of rotatable bonds is 7. The Hall–Kier alpha value is -3.33. The molecule has 0 aromatic heterocycles. The van der Waals surface area contributed by atoms with Gasteiger partial charge in [-0.25, -0.2) is 17.5 Å². The molecule has 0 atom stereocenters. The molecule has 8 nitrogen and oxygen atoms in total. The van der Waals surface area contributed by atoms with Crippen molar-refractivity contribution in [2.24, 2.45) is 0 Å². The smallest absolute Gasteiger partial charge is 0.338 e. The molecule has 0 unspecified atom stereocenters. The molecular weight excluding hydrogens is 432 g/mol. The first kappa shape index (κ1) is 23.3. The first-order valence-corrected chi connectivity index (χ1v) is 11.6. The average Bonchev–Trinajstić information content (AvgIpc) is 2.93. The first-order valence-electron chi connectivity index (χ1n) is 10.1. The number of carbonyl (C=O) groups excluding carboxylic acids is 2. The Kier molecular flexibility index (Phi) is 6.59. The lowest BCUT2D eigenvalue weighted by atomic mass is 10.1. The van der Waals surface area contributed by atoms with E-state index in [2.05, 4.69) is 5.32 Å². The number of hydrogen-bond donors (Lipinski definition) is 2. The molecule has 1 aliphatic heterocycles. The highest BCUT2D eigenvalue weighted by Crippen LogP contribution is 2.38. The van der Waals surface area contributed by atoms with Crippen LogP contribution in [0.3, 0.4) is 0 Å². The van der Waals surface area contributed by atoms with Crippen LogP contribution in [-0.4, -0.2) is 48.4 Å². The molecule has 2 aromatic rings. The van der Waals surface area contributed by atoms with Crippen molar-refractivity contribution in [2.75, 3.05) is 13.2 Å². The van der Waals surface area contributed by atoms with Crippen LogP contribution < -0.4 is 5.32 Å². The van der Waals surface area contributed by atoms with E-state index in [-0.39, 0.29) is 29.5 Å². The first-order chi connectivity index (χ1) is 15.0. The van der Waals surface area contributed by atoms with Crippen molar-refractivity contribution in [3.8, 4) is 5.75 Å². The molecule has 2 N–H and O–H groups in total. The van der Waals surface area contributed by atoms with E-state index in [0.717, 1.165) is 4.31 Å². The van der Waals surface area contributed by atoms with E-state index < -0.39 is 27.4 Å². The lowest BCUT2D eigenvalue weighted by Gasteiger charge is -2.30. The Morgan fingerprint density at radius 3 is 2.28 bits per heavy atom. The van der Waals surface area contributed by atoms with Crippen LogP contribution in [0.5, 0.6) is 5.75 Å². The zero-order valence-electron chi connectivity index (χ0n) is 18.2. The maximum absolute atomic E-state index is 13.2. The largest absolute Gasteiger partial charge is 0.508 e. The van der Waals surface area contributed by atoms with Crippen LogP contribution in [0.25, 0.3) is 4.91 Å². The molecule has 0 fully saturated rings. The number of esters is 1. The number of hydrogen-bond acceptors (Lipinski definition) is 7. The quantitative estimate of drug-likeness (QED) is 0.484. The predicted molar refractivity (Wildman–Crippen MR) is 120 cm³/mol. The van der Waals surface area contributed by atoms with Gasteiger partial charge in [0.25, 0.3) is 15.9 Å². The third-order valence-electron chi connectivity index (χ3n) is 4.73. The van der Waals surface area contributed by atoms with E-state index in [1.54, 1.807) is 51.1 Å². The van der Waals surface area contributed by atoms with Gasteiger partial charge in [0.1, 0.15) is 16.4 Å². The van der Waals surface area contributed by atoms with Crippen molar-refractivity contribution in [2.45, 2.75) is 32.7 Å². The summed E-state index contributed by atoms with van der Waals surface area (Å²) in [5.74, 6) is -1.10. The zero-order chi connectivity index (χ0) is 23.5. The summed E-state index contributed by atoms with van der Waals surface area (Å²) in [5.41, 5.74) is -0.188. The Balaban J connectivity index is 1.72. The van der Waals surface area contributed by atoms with E-state index in [0.29, 0.717) is 17.5 Å². The monoisotopic (exact) mass is 458 g/mol. The molecular formula is C23H26N2O6S. The van der Waals surface area contributed by atoms with Gasteiger partial charge in [-0.2, -0.15) is 0 Å². The Labute approximate surface area is 187 Å². The SMILES string of the molecule is CC(C)(C)N1C(=O)C(NCCCOC(=O)c2ccc(O)cc2)=C(c2ccccc2)S1(=O)=O. The Morgan fingerprint density at radius 2 is 1.69 bits per heavy atom. The second-order valence-electron chi connectivity index (χ2n) is 8.28. The summed E-state index contributed by atoms with van der Waals surface area (Å²) >= 11 is 0. The third-order valence-corrected chi connectivity index (χ3v) is 6.88. The second kappa shape index (κ2) is 9.04. The van der Waals surface area contributed by atoms with Crippen molar-refractivity contribution >= 4 is 26.8 Å². The molecule has 170 valence electrons. The van der Waals surface area contributed by atoms with Crippen LogP contribution in [0.15, 0.2) is 60.3 Å². The van der Waals surface area contributed by atoms with Gasteiger partial charge in [-0.3, -0.25) is 4.79 Å². The number of sulfonamides is 1. The third kappa shape index (κ3) is 4.77. The number of aromatic hydroxyl groups is 1. The lowest BCUT2D eigenvalue weighted by molar-refractivity contribution is -0.125. The number of carbonyl (C=O) groups is 2. The lowest BCUT2D eigenvalue weighted by Crippen LogP contribution is -2.46. The molecule has 3 rings (SSSR count). The molecule has 0 bridgehead atoms. The van der Waals surface area contributed by atoms with Gasteiger partial charge in [-0.05, 0) is 57.0 Å². The molecule has 1 heterocycles. The molecule has 0 spiro atoms. The van der Waals surface area contributed by atoms with Gasteiger partial charge in [-0.15, -0.1) is 0 Å². The summed E-state index contributed by atoms with van der Waals surface area (Å²) in [6.07, 6.45) is 0.359. The van der Waals surface area contributed by atoms with E-state index in [4.69, 9.17) is 4.74 Å². The van der Waals surface area contributed by atoms with Crippen molar-refractivity contribution in [1.29, 1.82) is 0 Å². The summed E-state index contributed by atoms with van der Waals surface area (Å²) in [4.78, 5) is 25.0. The zero-order valence-corrected chi connectivity index (χ0v) is 19.0.